The van der Waals surface area contributed by atoms with Gasteiger partial charge < -0.3 is 10.8 Å². The molecule has 4 heteroatoms. The third kappa shape index (κ3) is 1.79. The second kappa shape index (κ2) is 3.79. The van der Waals surface area contributed by atoms with Crippen molar-refractivity contribution in [3.05, 3.63) is 16.1 Å². The largest absolute Gasteiger partial charge is 0.393 e. The van der Waals surface area contributed by atoms with E-state index in [4.69, 9.17) is 5.73 Å². The van der Waals surface area contributed by atoms with E-state index in [1.165, 1.54) is 23.4 Å². The molecule has 0 saturated heterocycles. The summed E-state index contributed by atoms with van der Waals surface area (Å²) in [6.45, 7) is 0. The highest BCUT2D eigenvalue weighted by molar-refractivity contribution is 7.09. The lowest BCUT2D eigenvalue weighted by Gasteiger charge is -2.35. The van der Waals surface area contributed by atoms with Crippen LogP contribution in [0, 0.1) is 0 Å². The first-order valence-electron chi connectivity index (χ1n) is 6.10. The normalized spacial score (nSPS) is 35.2. The van der Waals surface area contributed by atoms with Gasteiger partial charge in [0.25, 0.3) is 0 Å². The first-order chi connectivity index (χ1) is 7.69. The molecule has 1 heterocycles. The zero-order chi connectivity index (χ0) is 11.2. The minimum Gasteiger partial charge on any atom is -0.393 e. The van der Waals surface area contributed by atoms with Crippen LogP contribution in [0.15, 0.2) is 5.51 Å². The second-order valence-electron chi connectivity index (χ2n) is 5.23. The van der Waals surface area contributed by atoms with Crippen molar-refractivity contribution in [2.75, 3.05) is 0 Å². The average Bonchev–Trinajstić information content (AvgIpc) is 3.00. The molecule has 0 unspecified atom stereocenters. The van der Waals surface area contributed by atoms with Crippen LogP contribution in [0.25, 0.3) is 0 Å². The fourth-order valence-electron chi connectivity index (χ4n) is 2.62. The topological polar surface area (TPSA) is 59.1 Å². The van der Waals surface area contributed by atoms with E-state index in [-0.39, 0.29) is 11.6 Å². The third-order valence-electron chi connectivity index (χ3n) is 3.86. The maximum absolute atomic E-state index is 9.56. The predicted octanol–water partition coefficient (Wildman–Crippen LogP) is 2.11. The van der Waals surface area contributed by atoms with Crippen LogP contribution < -0.4 is 5.73 Å². The molecule has 3 N–H and O–H groups in total. The molecule has 1 aromatic heterocycles. The van der Waals surface area contributed by atoms with Gasteiger partial charge in [-0.1, -0.05) is 0 Å². The van der Waals surface area contributed by atoms with Gasteiger partial charge in [0.05, 0.1) is 22.8 Å². The molecule has 2 fully saturated rings. The highest BCUT2D eigenvalue weighted by atomic mass is 32.1. The second-order valence-corrected chi connectivity index (χ2v) is 6.08. The van der Waals surface area contributed by atoms with E-state index >= 15 is 0 Å². The summed E-state index contributed by atoms with van der Waals surface area (Å²) in [5.41, 5.74) is 9.49. The van der Waals surface area contributed by atoms with Crippen molar-refractivity contribution in [1.29, 1.82) is 0 Å². The summed E-state index contributed by atoms with van der Waals surface area (Å²) < 4.78 is 0. The Morgan fingerprint density at radius 2 is 2.00 bits per heavy atom. The Morgan fingerprint density at radius 3 is 2.62 bits per heavy atom. The lowest BCUT2D eigenvalue weighted by atomic mass is 9.79. The molecule has 16 heavy (non-hydrogen) atoms. The van der Waals surface area contributed by atoms with Crippen LogP contribution in [0.2, 0.25) is 0 Å². The highest BCUT2D eigenvalue weighted by Gasteiger charge is 2.39. The molecule has 1 aromatic rings. The molecule has 88 valence electrons. The molecule has 0 aliphatic heterocycles. The van der Waals surface area contributed by atoms with Crippen molar-refractivity contribution in [2.24, 2.45) is 5.73 Å². The summed E-state index contributed by atoms with van der Waals surface area (Å²) in [4.78, 5) is 5.79. The van der Waals surface area contributed by atoms with E-state index in [0.717, 1.165) is 25.7 Å². The zero-order valence-electron chi connectivity index (χ0n) is 9.35. The highest BCUT2D eigenvalue weighted by Crippen LogP contribution is 2.47. The van der Waals surface area contributed by atoms with Crippen molar-refractivity contribution in [2.45, 2.75) is 56.1 Å². The Balaban J connectivity index is 1.87. The van der Waals surface area contributed by atoms with Crippen LogP contribution in [-0.4, -0.2) is 16.2 Å². The molecular formula is C12H18N2OS. The fourth-order valence-corrected chi connectivity index (χ4v) is 3.67. The minimum absolute atomic E-state index is 0.144. The molecule has 0 aromatic carbocycles. The number of hydrogen-bond acceptors (Lipinski definition) is 4. The Kier molecular flexibility index (Phi) is 2.53. The summed E-state index contributed by atoms with van der Waals surface area (Å²) in [6.07, 6.45) is 5.86. The van der Waals surface area contributed by atoms with Gasteiger partial charge in [0.15, 0.2) is 0 Å². The lowest BCUT2D eigenvalue weighted by Crippen LogP contribution is -2.41. The van der Waals surface area contributed by atoms with Crippen LogP contribution in [0.3, 0.4) is 0 Å². The number of nitrogens with zero attached hydrogens (tertiary/aromatic N) is 1. The third-order valence-corrected chi connectivity index (χ3v) is 4.92. The van der Waals surface area contributed by atoms with Gasteiger partial charge in [-0.3, -0.25) is 0 Å². The summed E-state index contributed by atoms with van der Waals surface area (Å²) in [5, 5.41) is 9.56. The molecule has 2 saturated carbocycles. The van der Waals surface area contributed by atoms with E-state index < -0.39 is 0 Å². The zero-order valence-corrected chi connectivity index (χ0v) is 10.2. The molecule has 0 radical (unpaired) electrons. The van der Waals surface area contributed by atoms with Crippen LogP contribution >= 0.6 is 11.3 Å². The molecule has 0 spiro atoms. The van der Waals surface area contributed by atoms with Crippen LogP contribution in [0.4, 0.5) is 0 Å². The van der Waals surface area contributed by atoms with Gasteiger partial charge in [0.1, 0.15) is 0 Å². The van der Waals surface area contributed by atoms with Gasteiger partial charge in [-0.15, -0.1) is 11.3 Å². The Morgan fingerprint density at radius 1 is 1.31 bits per heavy atom. The molecule has 0 atom stereocenters. The van der Waals surface area contributed by atoms with Crippen molar-refractivity contribution in [1.82, 2.24) is 4.98 Å². The summed E-state index contributed by atoms with van der Waals surface area (Å²) in [6, 6.07) is 0. The number of aliphatic hydroxyl groups excluding tert-OH is 1. The molecule has 0 amide bonds. The van der Waals surface area contributed by atoms with Crippen LogP contribution in [-0.2, 0) is 5.54 Å². The van der Waals surface area contributed by atoms with E-state index in [1.54, 1.807) is 11.3 Å². The van der Waals surface area contributed by atoms with Gasteiger partial charge in [-0.25, -0.2) is 4.98 Å². The number of aromatic nitrogens is 1. The number of aliphatic hydroxyl groups is 1. The van der Waals surface area contributed by atoms with E-state index in [0.29, 0.717) is 5.92 Å². The molecule has 3 rings (SSSR count). The maximum atomic E-state index is 9.56. The van der Waals surface area contributed by atoms with Crippen LogP contribution in [0.1, 0.15) is 55.0 Å². The molecular weight excluding hydrogens is 220 g/mol. The molecule has 0 bridgehead atoms. The van der Waals surface area contributed by atoms with Gasteiger partial charge in [-0.2, -0.15) is 0 Å². The van der Waals surface area contributed by atoms with Crippen LogP contribution in [0.5, 0.6) is 0 Å². The van der Waals surface area contributed by atoms with E-state index in [1.807, 2.05) is 5.51 Å². The maximum Gasteiger partial charge on any atom is 0.0798 e. The number of thiazole rings is 1. The SMILES string of the molecule is NC1(c2scnc2C2CC2)CCC(O)CC1. The molecule has 2 aliphatic rings. The number of rotatable bonds is 2. The van der Waals surface area contributed by atoms with E-state index in [9.17, 15) is 5.11 Å². The lowest BCUT2D eigenvalue weighted by molar-refractivity contribution is 0.0976. The van der Waals surface area contributed by atoms with Gasteiger partial charge in [0, 0.05) is 10.8 Å². The molecule has 2 aliphatic carbocycles. The summed E-state index contributed by atoms with van der Waals surface area (Å²) in [7, 11) is 0. The minimum atomic E-state index is -0.210. The number of hydrogen-bond donors (Lipinski definition) is 2. The predicted molar refractivity (Wildman–Crippen MR) is 64.4 cm³/mol. The van der Waals surface area contributed by atoms with Crippen molar-refractivity contribution in [3.63, 3.8) is 0 Å². The monoisotopic (exact) mass is 238 g/mol. The Hall–Kier alpha value is -0.450. The summed E-state index contributed by atoms with van der Waals surface area (Å²) >= 11 is 1.71. The van der Waals surface area contributed by atoms with Crippen molar-refractivity contribution >= 4 is 11.3 Å². The first kappa shape index (κ1) is 10.7. The summed E-state index contributed by atoms with van der Waals surface area (Å²) in [5.74, 6) is 0.675. The van der Waals surface area contributed by atoms with Gasteiger partial charge >= 0.3 is 0 Å². The van der Waals surface area contributed by atoms with Crippen molar-refractivity contribution in [3.8, 4) is 0 Å². The van der Waals surface area contributed by atoms with Crippen molar-refractivity contribution < 1.29 is 5.11 Å². The molecule has 3 nitrogen and oxygen atoms in total. The number of nitrogens with two attached hydrogens (primary N) is 1. The average molecular weight is 238 g/mol. The first-order valence-corrected chi connectivity index (χ1v) is 6.98. The Labute approximate surface area is 99.7 Å². The van der Waals surface area contributed by atoms with Gasteiger partial charge in [-0.05, 0) is 38.5 Å². The Bertz CT molecular complexity index is 378. The fraction of sp³-hybridized carbons (Fsp3) is 0.750. The smallest absolute Gasteiger partial charge is 0.0798 e. The van der Waals surface area contributed by atoms with Gasteiger partial charge in [0.2, 0.25) is 0 Å². The standard InChI is InChI=1S/C12H18N2OS/c13-12(5-3-9(15)4-6-12)11-10(8-1-2-8)14-7-16-11/h7-9,15H,1-6,13H2. The quantitative estimate of drug-likeness (QED) is 0.829. The van der Waals surface area contributed by atoms with E-state index in [2.05, 4.69) is 4.98 Å².